The SMILES string of the molecule is CC(C)(NC1CCCC1O)c1nccs1. The fourth-order valence-electron chi connectivity index (χ4n) is 2.17. The second kappa shape index (κ2) is 4.20. The first-order chi connectivity index (χ1) is 7.09. The Labute approximate surface area is 94.5 Å². The van der Waals surface area contributed by atoms with Gasteiger partial charge in [-0.25, -0.2) is 4.98 Å². The van der Waals surface area contributed by atoms with Gasteiger partial charge in [0.15, 0.2) is 0 Å². The van der Waals surface area contributed by atoms with Crippen LogP contribution in [0.3, 0.4) is 0 Å². The number of hydrogen-bond acceptors (Lipinski definition) is 4. The summed E-state index contributed by atoms with van der Waals surface area (Å²) in [5.74, 6) is 0. The van der Waals surface area contributed by atoms with Crippen LogP contribution in [0.2, 0.25) is 0 Å². The lowest BCUT2D eigenvalue weighted by molar-refractivity contribution is 0.132. The van der Waals surface area contributed by atoms with Crippen LogP contribution < -0.4 is 5.32 Å². The van der Waals surface area contributed by atoms with Crippen molar-refractivity contribution in [1.29, 1.82) is 0 Å². The molecule has 84 valence electrons. The van der Waals surface area contributed by atoms with E-state index in [0.717, 1.165) is 24.3 Å². The molecule has 4 heteroatoms. The topological polar surface area (TPSA) is 45.1 Å². The van der Waals surface area contributed by atoms with Crippen LogP contribution >= 0.6 is 11.3 Å². The minimum atomic E-state index is -0.191. The third-order valence-corrected chi connectivity index (χ3v) is 4.09. The lowest BCUT2D eigenvalue weighted by Gasteiger charge is -2.29. The number of aliphatic hydroxyl groups is 1. The predicted molar refractivity (Wildman–Crippen MR) is 61.9 cm³/mol. The molecule has 0 amide bonds. The van der Waals surface area contributed by atoms with E-state index >= 15 is 0 Å². The Morgan fingerprint density at radius 1 is 1.53 bits per heavy atom. The number of hydrogen-bond donors (Lipinski definition) is 2. The van der Waals surface area contributed by atoms with Crippen LogP contribution in [0.1, 0.15) is 38.1 Å². The summed E-state index contributed by atoms with van der Waals surface area (Å²) in [6.45, 7) is 4.24. The maximum atomic E-state index is 9.77. The number of nitrogens with one attached hydrogen (secondary N) is 1. The summed E-state index contributed by atoms with van der Waals surface area (Å²) in [4.78, 5) is 4.33. The van der Waals surface area contributed by atoms with Gasteiger partial charge >= 0.3 is 0 Å². The molecule has 0 saturated heterocycles. The number of aliphatic hydroxyl groups excluding tert-OH is 1. The predicted octanol–water partition coefficient (Wildman–Crippen LogP) is 1.88. The second-order valence-corrected chi connectivity index (χ2v) is 5.61. The minimum Gasteiger partial charge on any atom is -0.392 e. The van der Waals surface area contributed by atoms with Gasteiger partial charge in [0, 0.05) is 17.6 Å². The summed E-state index contributed by atoms with van der Waals surface area (Å²) in [5.41, 5.74) is -0.135. The highest BCUT2D eigenvalue weighted by molar-refractivity contribution is 7.09. The van der Waals surface area contributed by atoms with E-state index in [0.29, 0.717) is 0 Å². The summed E-state index contributed by atoms with van der Waals surface area (Å²) in [5, 5.41) is 16.4. The zero-order valence-electron chi connectivity index (χ0n) is 9.23. The largest absolute Gasteiger partial charge is 0.392 e. The van der Waals surface area contributed by atoms with Gasteiger partial charge in [-0.15, -0.1) is 11.3 Å². The van der Waals surface area contributed by atoms with E-state index in [1.165, 1.54) is 0 Å². The first-order valence-corrected chi connectivity index (χ1v) is 6.33. The molecule has 2 N–H and O–H groups in total. The molecule has 3 nitrogen and oxygen atoms in total. The van der Waals surface area contributed by atoms with Gasteiger partial charge < -0.3 is 10.4 Å². The average Bonchev–Trinajstić information content (AvgIpc) is 2.77. The number of nitrogens with zero attached hydrogens (tertiary/aromatic N) is 1. The zero-order chi connectivity index (χ0) is 10.9. The van der Waals surface area contributed by atoms with Crippen LogP contribution in [0.4, 0.5) is 0 Å². The quantitative estimate of drug-likeness (QED) is 0.827. The van der Waals surface area contributed by atoms with Gasteiger partial charge in [-0.2, -0.15) is 0 Å². The molecule has 15 heavy (non-hydrogen) atoms. The molecule has 1 fully saturated rings. The zero-order valence-corrected chi connectivity index (χ0v) is 10.0. The third-order valence-electron chi connectivity index (χ3n) is 2.99. The van der Waals surface area contributed by atoms with Crippen LogP contribution in [0.25, 0.3) is 0 Å². The molecule has 1 aromatic heterocycles. The number of rotatable bonds is 3. The summed E-state index contributed by atoms with van der Waals surface area (Å²) >= 11 is 1.66. The second-order valence-electron chi connectivity index (χ2n) is 4.71. The molecule has 1 aliphatic rings. The number of aromatic nitrogens is 1. The van der Waals surface area contributed by atoms with Crippen molar-refractivity contribution < 1.29 is 5.11 Å². The molecule has 2 unspecified atom stereocenters. The van der Waals surface area contributed by atoms with Crippen LogP contribution in [-0.4, -0.2) is 22.2 Å². The molecule has 1 aromatic rings. The highest BCUT2D eigenvalue weighted by Crippen LogP contribution is 2.27. The van der Waals surface area contributed by atoms with Crippen molar-refractivity contribution in [3.05, 3.63) is 16.6 Å². The van der Waals surface area contributed by atoms with Crippen LogP contribution in [0.5, 0.6) is 0 Å². The monoisotopic (exact) mass is 226 g/mol. The Balaban J connectivity index is 2.04. The smallest absolute Gasteiger partial charge is 0.112 e. The van der Waals surface area contributed by atoms with Crippen molar-refractivity contribution in [2.24, 2.45) is 0 Å². The first-order valence-electron chi connectivity index (χ1n) is 5.45. The Morgan fingerprint density at radius 2 is 2.33 bits per heavy atom. The molecular formula is C11H18N2OS. The molecule has 0 bridgehead atoms. The van der Waals surface area contributed by atoms with Gasteiger partial charge in [-0.05, 0) is 33.1 Å². The molecular weight excluding hydrogens is 208 g/mol. The lowest BCUT2D eigenvalue weighted by Crippen LogP contribution is -2.47. The molecule has 2 rings (SSSR count). The van der Waals surface area contributed by atoms with Gasteiger partial charge in [-0.1, -0.05) is 0 Å². The van der Waals surface area contributed by atoms with Crippen LogP contribution in [-0.2, 0) is 5.54 Å². The Kier molecular flexibility index (Phi) is 3.09. The van der Waals surface area contributed by atoms with E-state index < -0.39 is 0 Å². The van der Waals surface area contributed by atoms with Gasteiger partial charge in [0.2, 0.25) is 0 Å². The third kappa shape index (κ3) is 2.38. The van der Waals surface area contributed by atoms with Crippen molar-refractivity contribution in [1.82, 2.24) is 10.3 Å². The Bertz CT molecular complexity index is 310. The normalized spacial score (nSPS) is 27.1. The average molecular weight is 226 g/mol. The van der Waals surface area contributed by atoms with Crippen molar-refractivity contribution in [3.8, 4) is 0 Å². The highest BCUT2D eigenvalue weighted by atomic mass is 32.1. The molecule has 0 aromatic carbocycles. The Hall–Kier alpha value is -0.450. The van der Waals surface area contributed by atoms with E-state index in [2.05, 4.69) is 24.1 Å². The fourth-order valence-corrected chi connectivity index (χ4v) is 2.89. The van der Waals surface area contributed by atoms with Crippen LogP contribution in [0, 0.1) is 0 Å². The van der Waals surface area contributed by atoms with E-state index in [1.807, 2.05) is 11.6 Å². The first kappa shape index (κ1) is 11.0. The summed E-state index contributed by atoms with van der Waals surface area (Å²) < 4.78 is 0. The van der Waals surface area contributed by atoms with Crippen molar-refractivity contribution in [2.45, 2.75) is 50.8 Å². The maximum Gasteiger partial charge on any atom is 0.112 e. The van der Waals surface area contributed by atoms with E-state index in [-0.39, 0.29) is 17.7 Å². The summed E-state index contributed by atoms with van der Waals surface area (Å²) in [6.07, 6.45) is 4.74. The minimum absolute atomic E-state index is 0.135. The highest BCUT2D eigenvalue weighted by Gasteiger charge is 2.32. The molecule has 1 saturated carbocycles. The van der Waals surface area contributed by atoms with Gasteiger partial charge in [0.25, 0.3) is 0 Å². The van der Waals surface area contributed by atoms with Gasteiger partial charge in [0.05, 0.1) is 11.6 Å². The van der Waals surface area contributed by atoms with Crippen molar-refractivity contribution in [2.75, 3.05) is 0 Å². The molecule has 1 aliphatic carbocycles. The Morgan fingerprint density at radius 3 is 2.87 bits per heavy atom. The summed E-state index contributed by atoms with van der Waals surface area (Å²) in [6, 6.07) is 0.226. The van der Waals surface area contributed by atoms with Gasteiger partial charge in [0.1, 0.15) is 5.01 Å². The maximum absolute atomic E-state index is 9.77. The molecule has 0 radical (unpaired) electrons. The van der Waals surface area contributed by atoms with Crippen molar-refractivity contribution in [3.63, 3.8) is 0 Å². The summed E-state index contributed by atoms with van der Waals surface area (Å²) in [7, 11) is 0. The lowest BCUT2D eigenvalue weighted by atomic mass is 10.0. The molecule has 0 aliphatic heterocycles. The molecule has 1 heterocycles. The standard InChI is InChI=1S/C11H18N2OS/c1-11(2,10-12-6-7-15-10)13-8-4-3-5-9(8)14/h6-9,13-14H,3-5H2,1-2H3. The molecule has 0 spiro atoms. The van der Waals surface area contributed by atoms with E-state index in [9.17, 15) is 5.11 Å². The fraction of sp³-hybridized carbons (Fsp3) is 0.727. The number of thiazole rings is 1. The van der Waals surface area contributed by atoms with Crippen LogP contribution in [0.15, 0.2) is 11.6 Å². The van der Waals surface area contributed by atoms with Crippen molar-refractivity contribution >= 4 is 11.3 Å². The molecule has 2 atom stereocenters. The van der Waals surface area contributed by atoms with Gasteiger partial charge in [-0.3, -0.25) is 0 Å². The van der Waals surface area contributed by atoms with E-state index in [4.69, 9.17) is 0 Å². The van der Waals surface area contributed by atoms with E-state index in [1.54, 1.807) is 11.3 Å².